The highest BCUT2D eigenvalue weighted by Crippen LogP contribution is 2.15. The molecule has 1 aromatic heterocycles. The summed E-state index contributed by atoms with van der Waals surface area (Å²) >= 11 is 1.71. The third kappa shape index (κ3) is 3.94. The molecule has 0 unspecified atom stereocenters. The molecule has 3 nitrogen and oxygen atoms in total. The van der Waals surface area contributed by atoms with Gasteiger partial charge in [0.2, 0.25) is 5.91 Å². The molecule has 0 aliphatic carbocycles. The molecule has 96 valence electrons. The van der Waals surface area contributed by atoms with Crippen LogP contribution in [-0.2, 0) is 11.2 Å². The largest absolute Gasteiger partial charge is 0.325 e. The first kappa shape index (κ1) is 13.3. The van der Waals surface area contributed by atoms with Crippen molar-refractivity contribution >= 4 is 22.9 Å². The molecule has 1 heterocycles. The topological polar surface area (TPSA) is 52.9 Å². The van der Waals surface area contributed by atoms with Crippen molar-refractivity contribution in [2.45, 2.75) is 19.3 Å². The molecule has 0 saturated heterocycles. The van der Waals surface area contributed by atoms with E-state index in [-0.39, 0.29) is 5.91 Å². The Bertz CT molecular complexity index is 584. The normalized spacial score (nSPS) is 9.84. The number of amides is 1. The number of aryl methyl sites for hydroxylation is 1. The van der Waals surface area contributed by atoms with Crippen LogP contribution in [0.1, 0.15) is 23.3 Å². The number of rotatable bonds is 5. The van der Waals surface area contributed by atoms with Gasteiger partial charge in [-0.15, -0.1) is 11.3 Å². The van der Waals surface area contributed by atoms with Gasteiger partial charge in [-0.1, -0.05) is 18.2 Å². The molecule has 0 spiro atoms. The van der Waals surface area contributed by atoms with Crippen molar-refractivity contribution in [3.05, 3.63) is 52.2 Å². The van der Waals surface area contributed by atoms with Crippen LogP contribution in [0.5, 0.6) is 0 Å². The number of para-hydroxylation sites is 1. The molecule has 1 aromatic carbocycles. The summed E-state index contributed by atoms with van der Waals surface area (Å²) in [6, 6.07) is 13.2. The monoisotopic (exact) mass is 270 g/mol. The predicted molar refractivity (Wildman–Crippen MR) is 77.0 cm³/mol. The van der Waals surface area contributed by atoms with Crippen LogP contribution in [0.25, 0.3) is 0 Å². The molecule has 0 fully saturated rings. The lowest BCUT2D eigenvalue weighted by atomic mass is 10.1. The van der Waals surface area contributed by atoms with Gasteiger partial charge in [0.25, 0.3) is 0 Å². The number of carbonyl (C=O) groups excluding carboxylic acids is 1. The number of nitrogens with zero attached hydrogens (tertiary/aromatic N) is 1. The van der Waals surface area contributed by atoms with Crippen molar-refractivity contribution in [1.29, 1.82) is 5.26 Å². The Morgan fingerprint density at radius 2 is 2.11 bits per heavy atom. The van der Waals surface area contributed by atoms with Crippen molar-refractivity contribution in [2.24, 2.45) is 0 Å². The zero-order valence-corrected chi connectivity index (χ0v) is 11.2. The third-order valence-electron chi connectivity index (χ3n) is 2.73. The lowest BCUT2D eigenvalue weighted by Gasteiger charge is -2.06. The number of nitrogens with one attached hydrogen (secondary N) is 1. The molecule has 2 rings (SSSR count). The fourth-order valence-corrected chi connectivity index (χ4v) is 2.53. The number of thiophene rings is 1. The van der Waals surface area contributed by atoms with Crippen molar-refractivity contribution in [2.75, 3.05) is 5.32 Å². The van der Waals surface area contributed by atoms with Crippen LogP contribution >= 0.6 is 11.3 Å². The van der Waals surface area contributed by atoms with Crippen molar-refractivity contribution < 1.29 is 4.79 Å². The minimum absolute atomic E-state index is 0.0424. The number of nitriles is 1. The number of carbonyl (C=O) groups is 1. The van der Waals surface area contributed by atoms with Gasteiger partial charge in [0.05, 0.1) is 11.3 Å². The summed E-state index contributed by atoms with van der Waals surface area (Å²) < 4.78 is 0. The standard InChI is InChI=1S/C15H14N2OS/c16-11-12-5-1-2-8-14(12)17-15(18)9-3-6-13-7-4-10-19-13/h1-2,4-5,7-8,10H,3,6,9H2,(H,17,18). The first-order valence-electron chi connectivity index (χ1n) is 6.11. The van der Waals surface area contributed by atoms with Gasteiger partial charge in [-0.25, -0.2) is 0 Å². The molecule has 19 heavy (non-hydrogen) atoms. The minimum atomic E-state index is -0.0424. The Morgan fingerprint density at radius 1 is 1.26 bits per heavy atom. The highest BCUT2D eigenvalue weighted by molar-refractivity contribution is 7.09. The SMILES string of the molecule is N#Cc1ccccc1NC(=O)CCCc1cccs1. The second-order valence-corrected chi connectivity index (χ2v) is 5.17. The van der Waals surface area contributed by atoms with E-state index in [9.17, 15) is 4.79 Å². The van der Waals surface area contributed by atoms with E-state index in [0.29, 0.717) is 17.7 Å². The lowest BCUT2D eigenvalue weighted by Crippen LogP contribution is -2.12. The van der Waals surface area contributed by atoms with Gasteiger partial charge in [-0.2, -0.15) is 5.26 Å². The summed E-state index contributed by atoms with van der Waals surface area (Å²) in [5, 5.41) is 13.8. The highest BCUT2D eigenvalue weighted by Gasteiger charge is 2.06. The summed E-state index contributed by atoms with van der Waals surface area (Å²) in [6.07, 6.45) is 2.21. The molecule has 1 amide bonds. The van der Waals surface area contributed by atoms with Crippen LogP contribution in [0.3, 0.4) is 0 Å². The smallest absolute Gasteiger partial charge is 0.224 e. The lowest BCUT2D eigenvalue weighted by molar-refractivity contribution is -0.116. The van der Waals surface area contributed by atoms with Crippen LogP contribution < -0.4 is 5.32 Å². The summed E-state index contributed by atoms with van der Waals surface area (Å²) in [7, 11) is 0. The molecule has 0 radical (unpaired) electrons. The molecule has 2 aromatic rings. The Morgan fingerprint density at radius 3 is 2.84 bits per heavy atom. The predicted octanol–water partition coefficient (Wildman–Crippen LogP) is 3.58. The highest BCUT2D eigenvalue weighted by atomic mass is 32.1. The number of hydrogen-bond acceptors (Lipinski definition) is 3. The molecule has 0 aliphatic heterocycles. The molecule has 0 aliphatic rings. The molecule has 0 bridgehead atoms. The second-order valence-electron chi connectivity index (χ2n) is 4.14. The maximum atomic E-state index is 11.8. The van der Waals surface area contributed by atoms with E-state index in [0.717, 1.165) is 12.8 Å². The van der Waals surface area contributed by atoms with Gasteiger partial charge < -0.3 is 5.32 Å². The van der Waals surface area contributed by atoms with Crippen LogP contribution in [-0.4, -0.2) is 5.91 Å². The van der Waals surface area contributed by atoms with Gasteiger partial charge in [0.15, 0.2) is 0 Å². The minimum Gasteiger partial charge on any atom is -0.325 e. The third-order valence-corrected chi connectivity index (χ3v) is 3.66. The fraction of sp³-hybridized carbons (Fsp3) is 0.200. The van der Waals surface area contributed by atoms with Gasteiger partial charge >= 0.3 is 0 Å². The van der Waals surface area contributed by atoms with Crippen LogP contribution in [0, 0.1) is 11.3 Å². The number of hydrogen-bond donors (Lipinski definition) is 1. The Hall–Kier alpha value is -2.12. The van der Waals surface area contributed by atoms with E-state index in [1.54, 1.807) is 29.5 Å². The van der Waals surface area contributed by atoms with Gasteiger partial charge in [0.1, 0.15) is 6.07 Å². The second kappa shape index (κ2) is 6.72. The van der Waals surface area contributed by atoms with E-state index in [1.807, 2.05) is 17.5 Å². The first-order chi connectivity index (χ1) is 9.29. The summed E-state index contributed by atoms with van der Waals surface area (Å²) in [4.78, 5) is 13.1. The Kier molecular flexibility index (Phi) is 4.71. The molecule has 0 saturated carbocycles. The van der Waals surface area contributed by atoms with Crippen molar-refractivity contribution in [1.82, 2.24) is 0 Å². The van der Waals surface area contributed by atoms with Gasteiger partial charge in [0, 0.05) is 11.3 Å². The molecular formula is C15H14N2OS. The maximum absolute atomic E-state index is 11.8. The molecule has 1 N–H and O–H groups in total. The van der Waals surface area contributed by atoms with Crippen LogP contribution in [0.2, 0.25) is 0 Å². The molecular weight excluding hydrogens is 256 g/mol. The summed E-state index contributed by atoms with van der Waals surface area (Å²) in [5.74, 6) is -0.0424. The number of benzene rings is 1. The summed E-state index contributed by atoms with van der Waals surface area (Å²) in [5.41, 5.74) is 1.08. The summed E-state index contributed by atoms with van der Waals surface area (Å²) in [6.45, 7) is 0. The molecule has 4 heteroatoms. The zero-order chi connectivity index (χ0) is 13.5. The van der Waals surface area contributed by atoms with Crippen molar-refractivity contribution in [3.8, 4) is 6.07 Å². The Balaban J connectivity index is 1.83. The quantitative estimate of drug-likeness (QED) is 0.902. The van der Waals surface area contributed by atoms with Gasteiger partial charge in [-0.3, -0.25) is 4.79 Å². The van der Waals surface area contributed by atoms with E-state index in [1.165, 1.54) is 4.88 Å². The zero-order valence-electron chi connectivity index (χ0n) is 10.4. The van der Waals surface area contributed by atoms with E-state index in [4.69, 9.17) is 5.26 Å². The van der Waals surface area contributed by atoms with Gasteiger partial charge in [-0.05, 0) is 36.4 Å². The Labute approximate surface area is 116 Å². The average molecular weight is 270 g/mol. The fourth-order valence-electron chi connectivity index (χ4n) is 1.78. The molecule has 0 atom stereocenters. The van der Waals surface area contributed by atoms with Crippen LogP contribution in [0.4, 0.5) is 5.69 Å². The number of anilines is 1. The first-order valence-corrected chi connectivity index (χ1v) is 6.99. The maximum Gasteiger partial charge on any atom is 0.224 e. The van der Waals surface area contributed by atoms with E-state index >= 15 is 0 Å². The van der Waals surface area contributed by atoms with Crippen LogP contribution in [0.15, 0.2) is 41.8 Å². The van der Waals surface area contributed by atoms with E-state index < -0.39 is 0 Å². The average Bonchev–Trinajstić information content (AvgIpc) is 2.92. The van der Waals surface area contributed by atoms with Crippen molar-refractivity contribution in [3.63, 3.8) is 0 Å². The van der Waals surface area contributed by atoms with E-state index in [2.05, 4.69) is 17.5 Å².